The van der Waals surface area contributed by atoms with Crippen molar-refractivity contribution in [2.24, 2.45) is 11.3 Å². The standard InChI is InChI=1S/C16H17N3O6S/c20-13-11-6-10(3-4-12(11)17-15(23)18-13)26(24,25)19-7-9-2-1-5-16(9,8-19)14(21)22/h3-4,6,9H,1-2,5,7-8H2,(H,21,22)(H2,17,18,20,23)/t9-,16+/m0/s1. The second-order valence-electron chi connectivity index (χ2n) is 6.96. The minimum atomic E-state index is -3.95. The molecule has 1 saturated carbocycles. The monoisotopic (exact) mass is 379 g/mol. The Morgan fingerprint density at radius 3 is 2.73 bits per heavy atom. The zero-order chi connectivity index (χ0) is 18.7. The van der Waals surface area contributed by atoms with Gasteiger partial charge in [0.05, 0.1) is 21.2 Å². The fourth-order valence-corrected chi connectivity index (χ4v) is 5.81. The Morgan fingerprint density at radius 2 is 2.04 bits per heavy atom. The summed E-state index contributed by atoms with van der Waals surface area (Å²) < 4.78 is 27.2. The number of nitrogens with zero attached hydrogens (tertiary/aromatic N) is 1. The second-order valence-corrected chi connectivity index (χ2v) is 8.90. The molecule has 0 unspecified atom stereocenters. The topological polar surface area (TPSA) is 140 Å². The summed E-state index contributed by atoms with van der Waals surface area (Å²) in [5.41, 5.74) is -2.14. The maximum absolute atomic E-state index is 13.0. The van der Waals surface area contributed by atoms with Crippen molar-refractivity contribution in [2.45, 2.75) is 24.2 Å². The third kappa shape index (κ3) is 2.32. The highest BCUT2D eigenvalue weighted by atomic mass is 32.2. The molecule has 2 heterocycles. The van der Waals surface area contributed by atoms with Gasteiger partial charge in [0, 0.05) is 13.1 Å². The van der Waals surface area contributed by atoms with Crippen LogP contribution in [-0.4, -0.2) is 46.9 Å². The molecular formula is C16H17N3O6S. The van der Waals surface area contributed by atoms with E-state index >= 15 is 0 Å². The Labute approximate surface area is 147 Å². The molecule has 4 rings (SSSR count). The van der Waals surface area contributed by atoms with Gasteiger partial charge in [-0.2, -0.15) is 4.31 Å². The number of aromatic amines is 2. The van der Waals surface area contributed by atoms with Crippen molar-refractivity contribution in [1.82, 2.24) is 14.3 Å². The number of aliphatic carboxylic acids is 1. The van der Waals surface area contributed by atoms with E-state index in [0.717, 1.165) is 6.42 Å². The summed E-state index contributed by atoms with van der Waals surface area (Å²) in [4.78, 5) is 39.4. The van der Waals surface area contributed by atoms with E-state index in [1.54, 1.807) is 0 Å². The molecule has 2 aliphatic rings. The number of sulfonamides is 1. The SMILES string of the molecule is O=C(O)[C@@]12CCC[C@H]1CN(S(=O)(=O)c1ccc3[nH]c(=O)[nH]c(=O)c3c1)C2. The highest BCUT2D eigenvalue weighted by molar-refractivity contribution is 7.89. The molecule has 138 valence electrons. The lowest BCUT2D eigenvalue weighted by Crippen LogP contribution is -2.37. The van der Waals surface area contributed by atoms with Gasteiger partial charge in [0.25, 0.3) is 5.56 Å². The Kier molecular flexibility index (Phi) is 3.60. The molecule has 0 amide bonds. The summed E-state index contributed by atoms with van der Waals surface area (Å²) in [6, 6.07) is 3.89. The van der Waals surface area contributed by atoms with Gasteiger partial charge in [-0.1, -0.05) is 6.42 Å². The predicted molar refractivity (Wildman–Crippen MR) is 91.4 cm³/mol. The number of nitrogens with one attached hydrogen (secondary N) is 2. The fraction of sp³-hybridized carbons (Fsp3) is 0.438. The largest absolute Gasteiger partial charge is 0.481 e. The molecule has 3 N–H and O–H groups in total. The van der Waals surface area contributed by atoms with E-state index in [1.807, 2.05) is 0 Å². The number of hydrogen-bond acceptors (Lipinski definition) is 5. The third-order valence-corrected chi connectivity index (χ3v) is 7.42. The van der Waals surface area contributed by atoms with Crippen LogP contribution >= 0.6 is 0 Å². The van der Waals surface area contributed by atoms with Gasteiger partial charge >= 0.3 is 11.7 Å². The first-order chi connectivity index (χ1) is 12.2. The molecule has 2 aromatic rings. The van der Waals surface area contributed by atoms with Gasteiger partial charge in [-0.05, 0) is 37.0 Å². The fourth-order valence-electron chi connectivity index (χ4n) is 4.23. The first-order valence-corrected chi connectivity index (χ1v) is 9.68. The van der Waals surface area contributed by atoms with Crippen molar-refractivity contribution in [2.75, 3.05) is 13.1 Å². The minimum absolute atomic E-state index is 0.0537. The molecule has 1 aliphatic carbocycles. The van der Waals surface area contributed by atoms with Gasteiger partial charge in [-0.3, -0.25) is 14.6 Å². The zero-order valence-corrected chi connectivity index (χ0v) is 14.5. The van der Waals surface area contributed by atoms with Gasteiger partial charge in [0.1, 0.15) is 0 Å². The van der Waals surface area contributed by atoms with Crippen molar-refractivity contribution in [3.63, 3.8) is 0 Å². The molecule has 26 heavy (non-hydrogen) atoms. The van der Waals surface area contributed by atoms with Gasteiger partial charge < -0.3 is 10.1 Å². The van der Waals surface area contributed by atoms with E-state index in [1.165, 1.54) is 22.5 Å². The average Bonchev–Trinajstić information content (AvgIpc) is 3.12. The van der Waals surface area contributed by atoms with Crippen molar-refractivity contribution < 1.29 is 18.3 Å². The van der Waals surface area contributed by atoms with Crippen LogP contribution in [0.5, 0.6) is 0 Å². The van der Waals surface area contributed by atoms with Gasteiger partial charge in [-0.15, -0.1) is 0 Å². The molecule has 1 saturated heterocycles. The lowest BCUT2D eigenvalue weighted by atomic mass is 9.81. The van der Waals surface area contributed by atoms with E-state index in [0.29, 0.717) is 12.8 Å². The lowest BCUT2D eigenvalue weighted by molar-refractivity contribution is -0.149. The summed E-state index contributed by atoms with van der Waals surface area (Å²) in [6.45, 7) is 0.101. The second kappa shape index (κ2) is 5.52. The minimum Gasteiger partial charge on any atom is -0.481 e. The van der Waals surface area contributed by atoms with E-state index in [2.05, 4.69) is 9.97 Å². The number of fused-ring (bicyclic) bond motifs is 2. The maximum Gasteiger partial charge on any atom is 0.326 e. The van der Waals surface area contributed by atoms with Crippen LogP contribution in [0.4, 0.5) is 0 Å². The quantitative estimate of drug-likeness (QED) is 0.690. The first-order valence-electron chi connectivity index (χ1n) is 8.24. The van der Waals surface area contributed by atoms with Gasteiger partial charge in [0.15, 0.2) is 0 Å². The van der Waals surface area contributed by atoms with E-state index < -0.39 is 32.7 Å². The van der Waals surface area contributed by atoms with Crippen molar-refractivity contribution >= 4 is 26.9 Å². The number of H-pyrrole nitrogens is 2. The van der Waals surface area contributed by atoms with Gasteiger partial charge in [0.2, 0.25) is 10.0 Å². The van der Waals surface area contributed by atoms with Crippen molar-refractivity contribution in [3.05, 3.63) is 39.0 Å². The molecule has 10 heteroatoms. The Balaban J connectivity index is 1.76. The number of aromatic nitrogens is 2. The molecule has 1 aliphatic heterocycles. The van der Waals surface area contributed by atoms with Crippen LogP contribution in [0.15, 0.2) is 32.7 Å². The Morgan fingerprint density at radius 1 is 1.27 bits per heavy atom. The molecule has 2 fully saturated rings. The van der Waals surface area contributed by atoms with Crippen molar-refractivity contribution in [1.29, 1.82) is 0 Å². The number of carboxylic acids is 1. The summed E-state index contributed by atoms with van der Waals surface area (Å²) in [5.74, 6) is -1.15. The van der Waals surface area contributed by atoms with E-state index in [-0.39, 0.29) is 34.8 Å². The van der Waals surface area contributed by atoms with Crippen LogP contribution in [0.25, 0.3) is 10.9 Å². The summed E-state index contributed by atoms with van der Waals surface area (Å²) in [5, 5.41) is 9.69. The number of carbonyl (C=O) groups is 1. The maximum atomic E-state index is 13.0. The summed E-state index contributed by atoms with van der Waals surface area (Å²) in [7, 11) is -3.95. The lowest BCUT2D eigenvalue weighted by Gasteiger charge is -2.23. The average molecular weight is 379 g/mol. The van der Waals surface area contributed by atoms with Crippen LogP contribution < -0.4 is 11.2 Å². The predicted octanol–water partition coefficient (Wildman–Crippen LogP) is 0.0918. The number of rotatable bonds is 3. The summed E-state index contributed by atoms with van der Waals surface area (Å²) in [6.07, 6.45) is 1.94. The number of benzene rings is 1. The molecular weight excluding hydrogens is 362 g/mol. The molecule has 0 radical (unpaired) electrons. The smallest absolute Gasteiger partial charge is 0.326 e. The molecule has 9 nitrogen and oxygen atoms in total. The number of carboxylic acid groups (broad SMARTS) is 1. The van der Waals surface area contributed by atoms with Crippen LogP contribution in [0.3, 0.4) is 0 Å². The van der Waals surface area contributed by atoms with Crippen molar-refractivity contribution in [3.8, 4) is 0 Å². The Bertz CT molecular complexity index is 1130. The molecule has 1 aromatic carbocycles. The van der Waals surface area contributed by atoms with E-state index in [4.69, 9.17) is 0 Å². The summed E-state index contributed by atoms with van der Waals surface area (Å²) >= 11 is 0. The molecule has 1 aromatic heterocycles. The highest BCUT2D eigenvalue weighted by Crippen LogP contribution is 2.50. The molecule has 2 atom stereocenters. The zero-order valence-electron chi connectivity index (χ0n) is 13.7. The normalized spacial score (nSPS) is 26.2. The van der Waals surface area contributed by atoms with Gasteiger partial charge in [-0.25, -0.2) is 13.2 Å². The molecule has 0 spiro atoms. The van der Waals surface area contributed by atoms with Crippen LogP contribution in [0.2, 0.25) is 0 Å². The first kappa shape index (κ1) is 17.0. The van der Waals surface area contributed by atoms with Crippen LogP contribution in [0.1, 0.15) is 19.3 Å². The number of hydrogen-bond donors (Lipinski definition) is 3. The van der Waals surface area contributed by atoms with Crippen LogP contribution in [-0.2, 0) is 14.8 Å². The van der Waals surface area contributed by atoms with Crippen LogP contribution in [0, 0.1) is 11.3 Å². The highest BCUT2D eigenvalue weighted by Gasteiger charge is 2.57. The third-order valence-electron chi connectivity index (χ3n) is 5.61. The Hall–Kier alpha value is -2.46. The van der Waals surface area contributed by atoms with E-state index in [9.17, 15) is 27.9 Å². The molecule has 0 bridgehead atoms.